The van der Waals surface area contributed by atoms with Crippen molar-refractivity contribution in [2.24, 2.45) is 5.92 Å². The quantitative estimate of drug-likeness (QED) is 0.761. The third-order valence-corrected chi connectivity index (χ3v) is 3.92. The lowest BCUT2D eigenvalue weighted by Gasteiger charge is -2.26. The summed E-state index contributed by atoms with van der Waals surface area (Å²) in [7, 11) is 0. The maximum Gasteiger partial charge on any atom is 0.247 e. The van der Waals surface area contributed by atoms with E-state index in [4.69, 9.17) is 0 Å². The third-order valence-electron chi connectivity index (χ3n) is 3.92. The zero-order chi connectivity index (χ0) is 11.8. The molecule has 6 nitrogen and oxygen atoms in total. The number of hydrogen-bond donors (Lipinski definition) is 1. The van der Waals surface area contributed by atoms with Crippen molar-refractivity contribution in [3.05, 3.63) is 12.7 Å². The Balaban J connectivity index is 1.74. The SMILES string of the molecule is CC(C(=O)N1CC[C@H]2CNC[C@H]21)n1cncn1. The molecule has 3 heterocycles. The number of carbonyl (C=O) groups is 1. The molecule has 92 valence electrons. The van der Waals surface area contributed by atoms with E-state index in [1.54, 1.807) is 11.0 Å². The van der Waals surface area contributed by atoms with Crippen LogP contribution in [0.25, 0.3) is 0 Å². The van der Waals surface area contributed by atoms with Crippen molar-refractivity contribution in [3.63, 3.8) is 0 Å². The van der Waals surface area contributed by atoms with Crippen LogP contribution >= 0.6 is 0 Å². The molecule has 0 aliphatic carbocycles. The molecule has 1 amide bonds. The molecule has 0 bridgehead atoms. The molecule has 2 saturated heterocycles. The number of aromatic nitrogens is 3. The zero-order valence-electron chi connectivity index (χ0n) is 9.91. The van der Waals surface area contributed by atoms with E-state index >= 15 is 0 Å². The minimum Gasteiger partial charge on any atom is -0.336 e. The van der Waals surface area contributed by atoms with E-state index in [-0.39, 0.29) is 11.9 Å². The average Bonchev–Trinajstić information content (AvgIpc) is 3.03. The number of nitrogens with one attached hydrogen (secondary N) is 1. The predicted molar refractivity (Wildman–Crippen MR) is 61.2 cm³/mol. The fourth-order valence-corrected chi connectivity index (χ4v) is 2.89. The van der Waals surface area contributed by atoms with Gasteiger partial charge in [0.1, 0.15) is 18.7 Å². The van der Waals surface area contributed by atoms with Gasteiger partial charge in [-0.1, -0.05) is 0 Å². The molecule has 2 aliphatic heterocycles. The van der Waals surface area contributed by atoms with Crippen LogP contribution in [0.4, 0.5) is 0 Å². The molecule has 2 aliphatic rings. The Morgan fingerprint density at radius 3 is 3.18 bits per heavy atom. The molecule has 3 rings (SSSR count). The van der Waals surface area contributed by atoms with Gasteiger partial charge in [0.25, 0.3) is 0 Å². The van der Waals surface area contributed by atoms with Crippen LogP contribution in [0.3, 0.4) is 0 Å². The van der Waals surface area contributed by atoms with Crippen molar-refractivity contribution >= 4 is 5.91 Å². The average molecular weight is 235 g/mol. The molecule has 1 unspecified atom stereocenters. The van der Waals surface area contributed by atoms with Gasteiger partial charge in [-0.15, -0.1) is 0 Å². The van der Waals surface area contributed by atoms with Crippen LogP contribution < -0.4 is 5.32 Å². The highest BCUT2D eigenvalue weighted by Crippen LogP contribution is 2.28. The lowest BCUT2D eigenvalue weighted by Crippen LogP contribution is -2.42. The van der Waals surface area contributed by atoms with Crippen LogP contribution in [0.15, 0.2) is 12.7 Å². The van der Waals surface area contributed by atoms with Crippen molar-refractivity contribution in [2.45, 2.75) is 25.4 Å². The Labute approximate surface area is 100 Å². The molecule has 3 atom stereocenters. The number of rotatable bonds is 2. The Morgan fingerprint density at radius 1 is 1.53 bits per heavy atom. The minimum absolute atomic E-state index is 0.159. The van der Waals surface area contributed by atoms with Gasteiger partial charge in [-0.3, -0.25) is 4.79 Å². The number of nitrogens with zero attached hydrogens (tertiary/aromatic N) is 4. The minimum atomic E-state index is -0.253. The first kappa shape index (κ1) is 10.7. The van der Waals surface area contributed by atoms with Gasteiger partial charge < -0.3 is 10.2 Å². The number of fused-ring (bicyclic) bond motifs is 1. The van der Waals surface area contributed by atoms with Gasteiger partial charge in [0.15, 0.2) is 0 Å². The van der Waals surface area contributed by atoms with Crippen molar-refractivity contribution < 1.29 is 4.79 Å². The third kappa shape index (κ3) is 1.72. The fraction of sp³-hybridized carbons (Fsp3) is 0.727. The first-order valence-corrected chi connectivity index (χ1v) is 6.12. The highest BCUT2D eigenvalue weighted by molar-refractivity contribution is 5.80. The van der Waals surface area contributed by atoms with Gasteiger partial charge in [0, 0.05) is 25.7 Å². The molecule has 6 heteroatoms. The molecule has 2 fully saturated rings. The van der Waals surface area contributed by atoms with Crippen LogP contribution in [0, 0.1) is 5.92 Å². The highest BCUT2D eigenvalue weighted by Gasteiger charge is 2.41. The first-order valence-electron chi connectivity index (χ1n) is 6.12. The highest BCUT2D eigenvalue weighted by atomic mass is 16.2. The Kier molecular flexibility index (Phi) is 2.58. The lowest BCUT2D eigenvalue weighted by atomic mass is 10.1. The maximum atomic E-state index is 12.4. The Bertz CT molecular complexity index is 404. The number of hydrogen-bond acceptors (Lipinski definition) is 4. The second kappa shape index (κ2) is 4.10. The normalized spacial score (nSPS) is 29.4. The molecular formula is C11H17N5O. The van der Waals surface area contributed by atoms with Crippen LogP contribution in [0.2, 0.25) is 0 Å². The van der Waals surface area contributed by atoms with E-state index in [1.807, 2.05) is 11.8 Å². The summed E-state index contributed by atoms with van der Waals surface area (Å²) in [5.41, 5.74) is 0. The van der Waals surface area contributed by atoms with E-state index in [9.17, 15) is 4.79 Å². The van der Waals surface area contributed by atoms with Crippen LogP contribution in [0.5, 0.6) is 0 Å². The van der Waals surface area contributed by atoms with Gasteiger partial charge in [-0.05, 0) is 19.3 Å². The van der Waals surface area contributed by atoms with Crippen molar-refractivity contribution in [1.82, 2.24) is 25.0 Å². The second-order valence-electron chi connectivity index (χ2n) is 4.86. The smallest absolute Gasteiger partial charge is 0.247 e. The van der Waals surface area contributed by atoms with Crippen LogP contribution in [0.1, 0.15) is 19.4 Å². The van der Waals surface area contributed by atoms with Crippen LogP contribution in [-0.2, 0) is 4.79 Å². The molecule has 0 spiro atoms. The standard InChI is InChI=1S/C11H17N5O/c1-8(16-7-13-6-14-16)11(17)15-3-2-9-4-12-5-10(9)15/h6-10,12H,2-5H2,1H3/t8?,9-,10+/m0/s1. The topological polar surface area (TPSA) is 63.1 Å². The summed E-state index contributed by atoms with van der Waals surface area (Å²) in [6, 6.07) is 0.130. The molecule has 1 aromatic heterocycles. The van der Waals surface area contributed by atoms with Gasteiger partial charge in [0.2, 0.25) is 5.91 Å². The molecule has 0 aromatic carbocycles. The van der Waals surface area contributed by atoms with Crippen molar-refractivity contribution in [3.8, 4) is 0 Å². The van der Waals surface area contributed by atoms with Gasteiger partial charge in [-0.25, -0.2) is 9.67 Å². The summed E-state index contributed by atoms with van der Waals surface area (Å²) in [5.74, 6) is 0.800. The van der Waals surface area contributed by atoms with Gasteiger partial charge in [0.05, 0.1) is 0 Å². The molecule has 0 radical (unpaired) electrons. The fourth-order valence-electron chi connectivity index (χ4n) is 2.89. The van der Waals surface area contributed by atoms with E-state index in [2.05, 4.69) is 15.4 Å². The van der Waals surface area contributed by atoms with Gasteiger partial charge in [-0.2, -0.15) is 5.10 Å². The number of amides is 1. The molecule has 1 aromatic rings. The van der Waals surface area contributed by atoms with Crippen molar-refractivity contribution in [1.29, 1.82) is 0 Å². The zero-order valence-corrected chi connectivity index (χ0v) is 9.91. The summed E-state index contributed by atoms with van der Waals surface area (Å²) in [6.45, 7) is 4.74. The number of carbonyl (C=O) groups excluding carboxylic acids is 1. The van der Waals surface area contributed by atoms with E-state index < -0.39 is 0 Å². The number of likely N-dealkylation sites (tertiary alicyclic amines) is 1. The van der Waals surface area contributed by atoms with Gasteiger partial charge >= 0.3 is 0 Å². The summed E-state index contributed by atoms with van der Waals surface area (Å²) in [4.78, 5) is 18.3. The summed E-state index contributed by atoms with van der Waals surface area (Å²) >= 11 is 0. The molecular weight excluding hydrogens is 218 g/mol. The Morgan fingerprint density at radius 2 is 2.41 bits per heavy atom. The summed E-state index contributed by atoms with van der Waals surface area (Å²) in [5, 5.41) is 7.39. The van der Waals surface area contributed by atoms with E-state index in [0.717, 1.165) is 26.1 Å². The molecule has 17 heavy (non-hydrogen) atoms. The summed E-state index contributed by atoms with van der Waals surface area (Å²) in [6.07, 6.45) is 4.18. The predicted octanol–water partition coefficient (Wildman–Crippen LogP) is -0.341. The van der Waals surface area contributed by atoms with E-state index in [1.165, 1.54) is 6.33 Å². The van der Waals surface area contributed by atoms with Crippen molar-refractivity contribution in [2.75, 3.05) is 19.6 Å². The Hall–Kier alpha value is -1.43. The van der Waals surface area contributed by atoms with Crippen LogP contribution in [-0.4, -0.2) is 51.2 Å². The molecule has 0 saturated carbocycles. The lowest BCUT2D eigenvalue weighted by molar-refractivity contribution is -0.135. The largest absolute Gasteiger partial charge is 0.336 e. The maximum absolute atomic E-state index is 12.4. The van der Waals surface area contributed by atoms with E-state index in [0.29, 0.717) is 12.0 Å². The monoisotopic (exact) mass is 235 g/mol. The first-order chi connectivity index (χ1) is 8.27. The summed E-state index contributed by atoms with van der Waals surface area (Å²) < 4.78 is 1.62. The second-order valence-corrected chi connectivity index (χ2v) is 4.86. The molecule has 1 N–H and O–H groups in total.